The monoisotopic (exact) mass is 345 g/mol. The third kappa shape index (κ3) is 4.09. The third-order valence-corrected chi connectivity index (χ3v) is 3.27. The zero-order chi connectivity index (χ0) is 18.4. The summed E-state index contributed by atoms with van der Waals surface area (Å²) in [4.78, 5) is 22.3. The quantitative estimate of drug-likeness (QED) is 0.412. The minimum Gasteiger partial charge on any atom is -0.504 e. The number of aliphatic hydroxyl groups is 1. The Morgan fingerprint density at radius 2 is 2.00 bits per heavy atom. The molecule has 1 amide bonds. The molecule has 2 aromatic carbocycles. The van der Waals surface area contributed by atoms with Crippen molar-refractivity contribution < 1.29 is 24.7 Å². The zero-order valence-corrected chi connectivity index (χ0v) is 13.1. The number of hydrazone groups is 1. The highest BCUT2D eigenvalue weighted by Gasteiger charge is 2.23. The van der Waals surface area contributed by atoms with Crippen molar-refractivity contribution in [3.05, 3.63) is 63.7 Å². The van der Waals surface area contributed by atoms with Crippen LogP contribution in [0.3, 0.4) is 0 Å². The number of benzene rings is 2. The first-order valence-corrected chi connectivity index (χ1v) is 7.06. The predicted molar refractivity (Wildman–Crippen MR) is 88.5 cm³/mol. The maximum atomic E-state index is 11.9. The Morgan fingerprint density at radius 1 is 1.32 bits per heavy atom. The largest absolute Gasteiger partial charge is 0.504 e. The second kappa shape index (κ2) is 7.88. The van der Waals surface area contributed by atoms with E-state index in [9.17, 15) is 25.1 Å². The molecule has 0 spiro atoms. The van der Waals surface area contributed by atoms with Crippen LogP contribution in [0.4, 0.5) is 5.69 Å². The Kier molecular flexibility index (Phi) is 5.64. The number of nitrogens with one attached hydrogen (secondary N) is 1. The number of amides is 1. The Balaban J connectivity index is 2.17. The fraction of sp³-hybridized carbons (Fsp3) is 0.125. The van der Waals surface area contributed by atoms with Crippen molar-refractivity contribution >= 4 is 17.8 Å². The van der Waals surface area contributed by atoms with Crippen molar-refractivity contribution in [2.24, 2.45) is 5.10 Å². The number of hydrogen-bond acceptors (Lipinski definition) is 7. The fourth-order valence-electron chi connectivity index (χ4n) is 2.08. The average Bonchev–Trinajstić information content (AvgIpc) is 2.62. The lowest BCUT2D eigenvalue weighted by Crippen LogP contribution is -2.25. The number of carbonyl (C=O) groups is 1. The smallest absolute Gasteiger partial charge is 0.323 e. The molecule has 0 radical (unpaired) electrons. The Bertz CT molecular complexity index is 807. The van der Waals surface area contributed by atoms with E-state index in [4.69, 9.17) is 4.74 Å². The molecule has 25 heavy (non-hydrogen) atoms. The van der Waals surface area contributed by atoms with Gasteiger partial charge >= 0.3 is 5.69 Å². The minimum atomic E-state index is -1.43. The molecule has 0 fully saturated rings. The van der Waals surface area contributed by atoms with Crippen molar-refractivity contribution in [2.75, 3.05) is 7.11 Å². The van der Waals surface area contributed by atoms with Crippen LogP contribution in [0.25, 0.3) is 0 Å². The van der Waals surface area contributed by atoms with Crippen LogP contribution in [-0.4, -0.2) is 34.4 Å². The minimum absolute atomic E-state index is 0.00847. The standard InChI is InChI=1S/C16H15N3O6/c1-25-15-12(20)8-7-11(13(15)19(23)24)9-17-18-16(22)14(21)10-5-3-2-4-6-10/h2-9,14,20-21H,1H3,(H,18,22)/b17-9+/t14-/m1/s1. The second-order valence-electron chi connectivity index (χ2n) is 4.86. The van der Waals surface area contributed by atoms with Gasteiger partial charge in [-0.3, -0.25) is 14.9 Å². The molecule has 0 aliphatic rings. The summed E-state index contributed by atoms with van der Waals surface area (Å²) < 4.78 is 4.82. The number of rotatable bonds is 6. The average molecular weight is 345 g/mol. The van der Waals surface area contributed by atoms with Gasteiger partial charge in [0.1, 0.15) is 0 Å². The van der Waals surface area contributed by atoms with Gasteiger partial charge in [0.05, 0.1) is 23.8 Å². The predicted octanol–water partition coefficient (Wildman–Crippen LogP) is 1.49. The van der Waals surface area contributed by atoms with Gasteiger partial charge in [-0.1, -0.05) is 30.3 Å². The van der Waals surface area contributed by atoms with Gasteiger partial charge in [-0.2, -0.15) is 5.10 Å². The van der Waals surface area contributed by atoms with Gasteiger partial charge in [0.2, 0.25) is 5.75 Å². The van der Waals surface area contributed by atoms with Crippen molar-refractivity contribution in [1.29, 1.82) is 0 Å². The van der Waals surface area contributed by atoms with E-state index in [1.165, 1.54) is 19.2 Å². The molecule has 0 heterocycles. The molecular weight excluding hydrogens is 330 g/mol. The van der Waals surface area contributed by atoms with Gasteiger partial charge < -0.3 is 14.9 Å². The van der Waals surface area contributed by atoms with Crippen LogP contribution in [-0.2, 0) is 4.79 Å². The molecular formula is C16H15N3O6. The maximum absolute atomic E-state index is 11.9. The highest BCUT2D eigenvalue weighted by atomic mass is 16.6. The van der Waals surface area contributed by atoms with Crippen molar-refractivity contribution in [3.63, 3.8) is 0 Å². The molecule has 9 heteroatoms. The van der Waals surface area contributed by atoms with Gasteiger partial charge in [0.15, 0.2) is 11.9 Å². The molecule has 0 saturated heterocycles. The van der Waals surface area contributed by atoms with Crippen LogP contribution in [0.1, 0.15) is 17.2 Å². The lowest BCUT2D eigenvalue weighted by molar-refractivity contribution is -0.386. The highest BCUT2D eigenvalue weighted by molar-refractivity contribution is 5.89. The number of carbonyl (C=O) groups excluding carboxylic acids is 1. The Labute approximate surface area is 142 Å². The number of phenolic OH excluding ortho intramolecular Hbond substituents is 1. The second-order valence-corrected chi connectivity index (χ2v) is 4.86. The molecule has 3 N–H and O–H groups in total. The summed E-state index contributed by atoms with van der Waals surface area (Å²) in [6.07, 6.45) is -0.405. The number of hydrogen-bond donors (Lipinski definition) is 3. The summed E-state index contributed by atoms with van der Waals surface area (Å²) in [7, 11) is 1.18. The summed E-state index contributed by atoms with van der Waals surface area (Å²) in [5, 5.41) is 34.3. The number of phenols is 1. The lowest BCUT2D eigenvalue weighted by atomic mass is 10.1. The molecule has 1 atom stereocenters. The van der Waals surface area contributed by atoms with E-state index in [0.717, 1.165) is 6.21 Å². The Hall–Kier alpha value is -3.46. The zero-order valence-electron chi connectivity index (χ0n) is 13.1. The van der Waals surface area contributed by atoms with E-state index >= 15 is 0 Å². The molecule has 2 aromatic rings. The van der Waals surface area contributed by atoms with Crippen LogP contribution >= 0.6 is 0 Å². The van der Waals surface area contributed by atoms with Crippen LogP contribution < -0.4 is 10.2 Å². The summed E-state index contributed by atoms with van der Waals surface area (Å²) in [6, 6.07) is 10.7. The third-order valence-electron chi connectivity index (χ3n) is 3.27. The number of nitro groups is 1. The van der Waals surface area contributed by atoms with Gasteiger partial charge in [-0.05, 0) is 17.7 Å². The number of nitro benzene ring substituents is 1. The molecule has 9 nitrogen and oxygen atoms in total. The van der Waals surface area contributed by atoms with Crippen molar-refractivity contribution in [3.8, 4) is 11.5 Å². The van der Waals surface area contributed by atoms with Crippen molar-refractivity contribution in [1.82, 2.24) is 5.43 Å². The number of methoxy groups -OCH3 is 1. The van der Waals surface area contributed by atoms with Crippen LogP contribution in [0.5, 0.6) is 11.5 Å². The molecule has 0 aromatic heterocycles. The van der Waals surface area contributed by atoms with E-state index in [2.05, 4.69) is 10.5 Å². The lowest BCUT2D eigenvalue weighted by Gasteiger charge is -2.09. The number of nitrogens with zero attached hydrogens (tertiary/aromatic N) is 2. The van der Waals surface area contributed by atoms with E-state index in [-0.39, 0.29) is 11.3 Å². The van der Waals surface area contributed by atoms with Gasteiger partial charge in [-0.25, -0.2) is 5.43 Å². The normalized spacial score (nSPS) is 11.9. The van der Waals surface area contributed by atoms with E-state index in [1.54, 1.807) is 30.3 Å². The van der Waals surface area contributed by atoms with E-state index in [0.29, 0.717) is 5.56 Å². The van der Waals surface area contributed by atoms with E-state index in [1.807, 2.05) is 0 Å². The van der Waals surface area contributed by atoms with Gasteiger partial charge in [-0.15, -0.1) is 0 Å². The van der Waals surface area contributed by atoms with Gasteiger partial charge in [0, 0.05) is 0 Å². The van der Waals surface area contributed by atoms with Crippen molar-refractivity contribution in [2.45, 2.75) is 6.10 Å². The highest BCUT2D eigenvalue weighted by Crippen LogP contribution is 2.37. The first-order valence-electron chi connectivity index (χ1n) is 7.06. The van der Waals surface area contributed by atoms with Crippen LogP contribution in [0, 0.1) is 10.1 Å². The summed E-state index contributed by atoms with van der Waals surface area (Å²) >= 11 is 0. The number of ether oxygens (including phenoxy) is 1. The molecule has 0 aliphatic carbocycles. The van der Waals surface area contributed by atoms with Crippen LogP contribution in [0.15, 0.2) is 47.6 Å². The fourth-order valence-corrected chi connectivity index (χ4v) is 2.08. The first-order chi connectivity index (χ1) is 12.0. The summed E-state index contributed by atoms with van der Waals surface area (Å²) in [5.41, 5.74) is 2.00. The molecule has 0 aliphatic heterocycles. The molecule has 0 unspecified atom stereocenters. The SMILES string of the molecule is COc1c(O)ccc(/C=N/NC(=O)[C@H](O)c2ccccc2)c1[N+](=O)[O-]. The Morgan fingerprint density at radius 3 is 2.60 bits per heavy atom. The number of aromatic hydroxyl groups is 1. The summed E-state index contributed by atoms with van der Waals surface area (Å²) in [5.74, 6) is -1.50. The van der Waals surface area contributed by atoms with Crippen LogP contribution in [0.2, 0.25) is 0 Å². The first kappa shape index (κ1) is 17.9. The molecule has 2 rings (SSSR count). The van der Waals surface area contributed by atoms with E-state index < -0.39 is 28.4 Å². The topological polar surface area (TPSA) is 134 Å². The van der Waals surface area contributed by atoms with Gasteiger partial charge in [0.25, 0.3) is 5.91 Å². The molecule has 0 bridgehead atoms. The number of aliphatic hydroxyl groups excluding tert-OH is 1. The summed E-state index contributed by atoms with van der Waals surface area (Å²) in [6.45, 7) is 0. The maximum Gasteiger partial charge on any atom is 0.323 e. The molecule has 130 valence electrons. The molecule has 0 saturated carbocycles.